The second-order valence-electron chi connectivity index (χ2n) is 8.90. The number of nitrogens with zero attached hydrogens (tertiary/aromatic N) is 5. The van der Waals surface area contributed by atoms with E-state index in [0.29, 0.717) is 39.2 Å². The number of aromatic nitrogens is 2. The largest absolute Gasteiger partial charge is 0.353 e. The Labute approximate surface area is 214 Å². The van der Waals surface area contributed by atoms with Gasteiger partial charge in [0.1, 0.15) is 15.8 Å². The first-order valence-electron chi connectivity index (χ1n) is 11.7. The molecule has 2 fully saturated rings. The van der Waals surface area contributed by atoms with E-state index < -0.39 is 0 Å². The molecule has 0 atom stereocenters. The number of likely N-dealkylation sites (N-methyl/N-ethyl adjacent to an activating group) is 1. The van der Waals surface area contributed by atoms with E-state index in [0.717, 1.165) is 37.3 Å². The van der Waals surface area contributed by atoms with Gasteiger partial charge in [-0.05, 0) is 43.7 Å². The molecule has 0 radical (unpaired) electrons. The summed E-state index contributed by atoms with van der Waals surface area (Å²) in [6, 6.07) is 13.8. The Hall–Kier alpha value is -3.01. The molecule has 2 aliphatic heterocycles. The maximum atomic E-state index is 13.7. The van der Waals surface area contributed by atoms with Gasteiger partial charge in [-0.1, -0.05) is 60.4 Å². The van der Waals surface area contributed by atoms with Gasteiger partial charge in [0.15, 0.2) is 0 Å². The fraction of sp³-hybridized carbons (Fsp3) is 0.308. The highest BCUT2D eigenvalue weighted by Crippen LogP contribution is 2.34. The lowest BCUT2D eigenvalue weighted by molar-refractivity contribution is -0.122. The number of piperazine rings is 1. The molecule has 3 aromatic rings. The van der Waals surface area contributed by atoms with Gasteiger partial charge in [-0.15, -0.1) is 0 Å². The first kappa shape index (κ1) is 23.7. The Morgan fingerprint density at radius 2 is 1.80 bits per heavy atom. The SMILES string of the molecule is Cc1cccn2c(=O)c(/C=C3\SC(=S)N(CCc4ccccc4)C3=O)c(N3CCN(C)CC3)nc12. The molecule has 1 amide bonds. The van der Waals surface area contributed by atoms with E-state index in [1.807, 2.05) is 49.4 Å². The molecule has 180 valence electrons. The number of hydrogen-bond donors (Lipinski definition) is 0. The number of rotatable bonds is 5. The molecule has 2 aliphatic rings. The van der Waals surface area contributed by atoms with E-state index in [9.17, 15) is 9.59 Å². The van der Waals surface area contributed by atoms with Gasteiger partial charge in [-0.25, -0.2) is 4.98 Å². The van der Waals surface area contributed by atoms with Crippen molar-refractivity contribution < 1.29 is 4.79 Å². The van der Waals surface area contributed by atoms with Crippen LogP contribution in [-0.2, 0) is 11.2 Å². The maximum absolute atomic E-state index is 13.7. The van der Waals surface area contributed by atoms with Crippen LogP contribution in [0.5, 0.6) is 0 Å². The zero-order valence-corrected chi connectivity index (χ0v) is 21.4. The molecule has 0 unspecified atom stereocenters. The molecule has 9 heteroatoms. The lowest BCUT2D eigenvalue weighted by Crippen LogP contribution is -2.45. The summed E-state index contributed by atoms with van der Waals surface area (Å²) >= 11 is 6.79. The molecule has 0 N–H and O–H groups in total. The molecule has 2 saturated heterocycles. The number of aryl methyl sites for hydroxylation is 1. The lowest BCUT2D eigenvalue weighted by Gasteiger charge is -2.34. The summed E-state index contributed by atoms with van der Waals surface area (Å²) in [5, 5.41) is 0. The molecule has 35 heavy (non-hydrogen) atoms. The average molecular weight is 506 g/mol. The molecule has 1 aromatic carbocycles. The van der Waals surface area contributed by atoms with E-state index >= 15 is 0 Å². The topological polar surface area (TPSA) is 61.2 Å². The van der Waals surface area contributed by atoms with Gasteiger partial charge in [0, 0.05) is 38.9 Å². The van der Waals surface area contributed by atoms with Crippen molar-refractivity contribution in [3.63, 3.8) is 0 Å². The summed E-state index contributed by atoms with van der Waals surface area (Å²) in [6.45, 7) is 5.76. The molecular weight excluding hydrogens is 478 g/mol. The highest BCUT2D eigenvalue weighted by atomic mass is 32.2. The van der Waals surface area contributed by atoms with Crippen molar-refractivity contribution in [2.45, 2.75) is 13.3 Å². The fourth-order valence-corrected chi connectivity index (χ4v) is 5.69. The van der Waals surface area contributed by atoms with Crippen molar-refractivity contribution in [3.05, 3.63) is 80.6 Å². The molecular formula is C26H27N5O2S2. The fourth-order valence-electron chi connectivity index (χ4n) is 4.40. The number of thiocarbonyl (C=S) groups is 1. The lowest BCUT2D eigenvalue weighted by atomic mass is 10.1. The number of benzene rings is 1. The molecule has 0 spiro atoms. The van der Waals surface area contributed by atoms with Gasteiger partial charge in [-0.3, -0.25) is 18.9 Å². The van der Waals surface area contributed by atoms with Crippen LogP contribution in [-0.4, -0.2) is 69.2 Å². The number of thioether (sulfide) groups is 1. The van der Waals surface area contributed by atoms with Crippen LogP contribution in [0.4, 0.5) is 5.82 Å². The van der Waals surface area contributed by atoms with Crippen molar-refractivity contribution >= 4 is 51.7 Å². The van der Waals surface area contributed by atoms with Crippen LogP contribution in [0.1, 0.15) is 16.7 Å². The van der Waals surface area contributed by atoms with E-state index in [4.69, 9.17) is 17.2 Å². The summed E-state index contributed by atoms with van der Waals surface area (Å²) in [5.74, 6) is 0.473. The second-order valence-corrected chi connectivity index (χ2v) is 10.6. The number of pyridine rings is 1. The first-order valence-corrected chi connectivity index (χ1v) is 12.9. The number of anilines is 1. The Morgan fingerprint density at radius 1 is 1.06 bits per heavy atom. The third kappa shape index (κ3) is 4.76. The zero-order chi connectivity index (χ0) is 24.5. The highest BCUT2D eigenvalue weighted by Gasteiger charge is 2.33. The highest BCUT2D eigenvalue weighted by molar-refractivity contribution is 8.26. The van der Waals surface area contributed by atoms with E-state index in [1.54, 1.807) is 21.6 Å². The van der Waals surface area contributed by atoms with Crippen LogP contribution < -0.4 is 10.5 Å². The Morgan fingerprint density at radius 3 is 2.54 bits per heavy atom. The van der Waals surface area contributed by atoms with Crippen molar-refractivity contribution in [1.82, 2.24) is 19.2 Å². The van der Waals surface area contributed by atoms with Crippen LogP contribution in [0.25, 0.3) is 11.7 Å². The Kier molecular flexibility index (Phi) is 6.73. The Bertz CT molecular complexity index is 1380. The van der Waals surface area contributed by atoms with Crippen molar-refractivity contribution in [2.24, 2.45) is 0 Å². The van der Waals surface area contributed by atoms with Crippen LogP contribution in [0, 0.1) is 6.92 Å². The van der Waals surface area contributed by atoms with Crippen molar-refractivity contribution in [2.75, 3.05) is 44.7 Å². The molecule has 0 saturated carbocycles. The number of carbonyl (C=O) groups is 1. The Balaban J connectivity index is 1.52. The number of fused-ring (bicyclic) bond motifs is 1. The zero-order valence-electron chi connectivity index (χ0n) is 19.8. The minimum Gasteiger partial charge on any atom is -0.353 e. The average Bonchev–Trinajstić information content (AvgIpc) is 3.13. The number of hydrogen-bond acceptors (Lipinski definition) is 7. The van der Waals surface area contributed by atoms with Gasteiger partial charge < -0.3 is 9.80 Å². The monoisotopic (exact) mass is 505 g/mol. The van der Waals surface area contributed by atoms with Gasteiger partial charge in [-0.2, -0.15) is 0 Å². The molecule has 0 aliphatic carbocycles. The number of carbonyl (C=O) groups excluding carboxylic acids is 1. The minimum atomic E-state index is -0.179. The van der Waals surface area contributed by atoms with Gasteiger partial charge in [0.05, 0.1) is 10.5 Å². The van der Waals surface area contributed by atoms with Crippen molar-refractivity contribution in [3.8, 4) is 0 Å². The molecule has 2 aromatic heterocycles. The third-order valence-electron chi connectivity index (χ3n) is 6.48. The van der Waals surface area contributed by atoms with Crippen LogP contribution >= 0.6 is 24.0 Å². The predicted molar refractivity (Wildman–Crippen MR) is 146 cm³/mol. The normalized spacial score (nSPS) is 18.3. The summed E-state index contributed by atoms with van der Waals surface area (Å²) in [6.07, 6.45) is 4.14. The van der Waals surface area contributed by atoms with E-state index in [2.05, 4.69) is 16.8 Å². The molecule has 5 rings (SSSR count). The molecule has 0 bridgehead atoms. The quantitative estimate of drug-likeness (QED) is 0.390. The van der Waals surface area contributed by atoms with Crippen LogP contribution in [0.15, 0.2) is 58.4 Å². The first-order chi connectivity index (χ1) is 16.9. The minimum absolute atomic E-state index is 0.158. The van der Waals surface area contributed by atoms with E-state index in [-0.39, 0.29) is 11.5 Å². The van der Waals surface area contributed by atoms with Gasteiger partial charge in [0.2, 0.25) is 0 Å². The van der Waals surface area contributed by atoms with Gasteiger partial charge in [0.25, 0.3) is 11.5 Å². The smallest absolute Gasteiger partial charge is 0.267 e. The predicted octanol–water partition coefficient (Wildman–Crippen LogP) is 3.20. The van der Waals surface area contributed by atoms with Crippen LogP contribution in [0.3, 0.4) is 0 Å². The standard InChI is InChI=1S/C26H27N5O2S2/c1-18-7-6-11-30-22(18)27-23(29-15-13-28(2)14-16-29)20(24(30)32)17-21-25(33)31(26(34)35-21)12-10-19-8-4-3-5-9-19/h3-9,11,17H,10,12-16H2,1-2H3/b21-17-. The molecule has 4 heterocycles. The van der Waals surface area contributed by atoms with Crippen molar-refractivity contribution in [1.29, 1.82) is 0 Å². The maximum Gasteiger partial charge on any atom is 0.267 e. The number of amides is 1. The van der Waals surface area contributed by atoms with Gasteiger partial charge >= 0.3 is 0 Å². The second kappa shape index (κ2) is 9.93. The molecule has 7 nitrogen and oxygen atoms in total. The summed E-state index contributed by atoms with van der Waals surface area (Å²) in [4.78, 5) is 38.4. The van der Waals surface area contributed by atoms with Crippen LogP contribution in [0.2, 0.25) is 0 Å². The summed E-state index contributed by atoms with van der Waals surface area (Å²) in [7, 11) is 2.09. The van der Waals surface area contributed by atoms with E-state index in [1.165, 1.54) is 11.8 Å². The summed E-state index contributed by atoms with van der Waals surface area (Å²) in [5.41, 5.74) is 2.97. The summed E-state index contributed by atoms with van der Waals surface area (Å²) < 4.78 is 2.08. The third-order valence-corrected chi connectivity index (χ3v) is 7.86.